The monoisotopic (exact) mass is 394 g/mol. The summed E-state index contributed by atoms with van der Waals surface area (Å²) in [6.07, 6.45) is 12.3. The maximum Gasteiger partial charge on any atom is 0.173 e. The van der Waals surface area contributed by atoms with Gasteiger partial charge in [0, 0.05) is 16.7 Å². The topological polar surface area (TPSA) is 9.23 Å². The summed E-state index contributed by atoms with van der Waals surface area (Å²) >= 11 is 0. The molecule has 1 saturated carbocycles. The van der Waals surface area contributed by atoms with Crippen LogP contribution in [0.4, 0.5) is 8.78 Å². The Hall–Kier alpha value is -2.16. The van der Waals surface area contributed by atoms with Crippen molar-refractivity contribution in [3.05, 3.63) is 58.7 Å². The zero-order valence-electron chi connectivity index (χ0n) is 17.1. The number of rotatable bonds is 3. The maximum absolute atomic E-state index is 15.4. The SMILES string of the molecule is Cc1ccc2c(c1F)COc1c-2ccc(C2=CCC(CC3CCCC3)CC2)c1F. The second-order valence-electron chi connectivity index (χ2n) is 9.07. The molecular formula is C26H28F2O. The third-order valence-electron chi connectivity index (χ3n) is 7.19. The van der Waals surface area contributed by atoms with Gasteiger partial charge in [0.15, 0.2) is 11.6 Å². The predicted molar refractivity (Wildman–Crippen MR) is 113 cm³/mol. The maximum atomic E-state index is 15.4. The molecule has 0 amide bonds. The summed E-state index contributed by atoms with van der Waals surface area (Å²) in [5.74, 6) is 1.38. The van der Waals surface area contributed by atoms with Crippen LogP contribution in [-0.2, 0) is 6.61 Å². The molecule has 1 aliphatic heterocycles. The molecule has 3 aliphatic rings. The van der Waals surface area contributed by atoms with Crippen molar-refractivity contribution in [2.75, 3.05) is 0 Å². The summed E-state index contributed by atoms with van der Waals surface area (Å²) < 4.78 is 35.5. The fraction of sp³-hybridized carbons (Fsp3) is 0.462. The Morgan fingerprint density at radius 3 is 2.41 bits per heavy atom. The summed E-state index contributed by atoms with van der Waals surface area (Å²) in [5, 5.41) is 0. The van der Waals surface area contributed by atoms with Crippen LogP contribution in [-0.4, -0.2) is 0 Å². The molecule has 0 spiro atoms. The van der Waals surface area contributed by atoms with E-state index in [0.717, 1.165) is 42.2 Å². The van der Waals surface area contributed by atoms with Crippen LogP contribution in [0.1, 0.15) is 68.1 Å². The van der Waals surface area contributed by atoms with Gasteiger partial charge >= 0.3 is 0 Å². The summed E-state index contributed by atoms with van der Waals surface area (Å²) in [5.41, 5.74) is 4.26. The lowest BCUT2D eigenvalue weighted by atomic mass is 9.81. The third-order valence-corrected chi connectivity index (χ3v) is 7.19. The molecule has 1 heterocycles. The summed E-state index contributed by atoms with van der Waals surface area (Å²) in [7, 11) is 0. The number of benzene rings is 2. The molecule has 1 atom stereocenters. The summed E-state index contributed by atoms with van der Waals surface area (Å²) in [4.78, 5) is 0. The smallest absolute Gasteiger partial charge is 0.173 e. The van der Waals surface area contributed by atoms with Gasteiger partial charge in [-0.05, 0) is 67.2 Å². The molecular weight excluding hydrogens is 366 g/mol. The second-order valence-corrected chi connectivity index (χ2v) is 9.07. The van der Waals surface area contributed by atoms with Crippen molar-refractivity contribution in [2.24, 2.45) is 11.8 Å². The molecule has 0 N–H and O–H groups in total. The molecule has 1 unspecified atom stereocenters. The first-order valence-corrected chi connectivity index (χ1v) is 11.0. The van der Waals surface area contributed by atoms with E-state index >= 15 is 4.39 Å². The van der Waals surface area contributed by atoms with Crippen LogP contribution in [0.5, 0.6) is 5.75 Å². The lowest BCUT2D eigenvalue weighted by molar-refractivity contribution is 0.280. The van der Waals surface area contributed by atoms with Crippen LogP contribution in [0.25, 0.3) is 16.7 Å². The molecule has 1 fully saturated rings. The van der Waals surface area contributed by atoms with Crippen molar-refractivity contribution in [3.8, 4) is 16.9 Å². The Balaban J connectivity index is 1.40. The second kappa shape index (κ2) is 7.59. The highest BCUT2D eigenvalue weighted by Gasteiger charge is 2.28. The summed E-state index contributed by atoms with van der Waals surface area (Å²) in [6, 6.07) is 7.38. The average Bonchev–Trinajstić information content (AvgIpc) is 3.25. The average molecular weight is 395 g/mol. The van der Waals surface area contributed by atoms with E-state index in [2.05, 4.69) is 6.08 Å². The van der Waals surface area contributed by atoms with Crippen LogP contribution in [0, 0.1) is 30.4 Å². The van der Waals surface area contributed by atoms with Gasteiger partial charge in [0.25, 0.3) is 0 Å². The lowest BCUT2D eigenvalue weighted by Crippen LogP contribution is -2.12. The van der Waals surface area contributed by atoms with E-state index in [1.165, 1.54) is 32.1 Å². The van der Waals surface area contributed by atoms with Crippen molar-refractivity contribution >= 4 is 5.57 Å². The van der Waals surface area contributed by atoms with E-state index < -0.39 is 0 Å². The van der Waals surface area contributed by atoms with E-state index in [4.69, 9.17) is 4.74 Å². The zero-order valence-corrected chi connectivity index (χ0v) is 17.1. The van der Waals surface area contributed by atoms with Crippen molar-refractivity contribution in [1.29, 1.82) is 0 Å². The van der Waals surface area contributed by atoms with Crippen molar-refractivity contribution < 1.29 is 13.5 Å². The van der Waals surface area contributed by atoms with Crippen LogP contribution in [0.2, 0.25) is 0 Å². The Kier molecular flexibility index (Phi) is 4.93. The number of halogens is 2. The normalized spacial score (nSPS) is 21.3. The molecule has 5 rings (SSSR count). The molecule has 0 saturated heterocycles. The van der Waals surface area contributed by atoms with Gasteiger partial charge in [-0.25, -0.2) is 8.78 Å². The molecule has 3 heteroatoms. The molecule has 1 nitrogen and oxygen atoms in total. The van der Waals surface area contributed by atoms with E-state index in [0.29, 0.717) is 22.3 Å². The first kappa shape index (κ1) is 18.8. The Bertz CT molecular complexity index is 969. The highest BCUT2D eigenvalue weighted by Crippen LogP contribution is 2.44. The van der Waals surface area contributed by atoms with Crippen molar-refractivity contribution in [2.45, 2.75) is 64.9 Å². The van der Waals surface area contributed by atoms with E-state index in [9.17, 15) is 4.39 Å². The molecule has 2 aliphatic carbocycles. The van der Waals surface area contributed by atoms with Gasteiger partial charge in [0.1, 0.15) is 12.4 Å². The van der Waals surface area contributed by atoms with Crippen LogP contribution < -0.4 is 4.74 Å². The fourth-order valence-electron chi connectivity index (χ4n) is 5.50. The van der Waals surface area contributed by atoms with Crippen LogP contribution in [0.15, 0.2) is 30.3 Å². The van der Waals surface area contributed by atoms with Gasteiger partial charge in [-0.1, -0.05) is 50.0 Å². The minimum absolute atomic E-state index is 0.0821. The molecule has 0 aromatic heterocycles. The minimum Gasteiger partial charge on any atom is -0.485 e. The number of hydrogen-bond donors (Lipinski definition) is 0. The van der Waals surface area contributed by atoms with Crippen LogP contribution in [0.3, 0.4) is 0 Å². The minimum atomic E-state index is -0.297. The van der Waals surface area contributed by atoms with E-state index in [1.54, 1.807) is 13.0 Å². The molecule has 152 valence electrons. The number of aryl methyl sites for hydroxylation is 1. The first-order chi connectivity index (χ1) is 14.1. The van der Waals surface area contributed by atoms with Gasteiger partial charge in [0.05, 0.1) is 0 Å². The van der Waals surface area contributed by atoms with Gasteiger partial charge in [-0.15, -0.1) is 0 Å². The zero-order chi connectivity index (χ0) is 20.0. The number of ether oxygens (including phenoxy) is 1. The standard InChI is InChI=1S/C26H28F2O/c1-16-6-11-21-22-13-12-20(25(28)26(22)29-15-23(21)24(16)27)19-9-7-18(8-10-19)14-17-4-2-3-5-17/h6,9,11-13,17-18H,2-5,7-8,10,14-15H2,1H3. The van der Waals surface area contributed by atoms with Gasteiger partial charge in [-0.2, -0.15) is 0 Å². The highest BCUT2D eigenvalue weighted by molar-refractivity contribution is 5.79. The molecule has 29 heavy (non-hydrogen) atoms. The van der Waals surface area contributed by atoms with Crippen molar-refractivity contribution in [1.82, 2.24) is 0 Å². The number of allylic oxidation sites excluding steroid dienone is 2. The van der Waals surface area contributed by atoms with Gasteiger partial charge in [0.2, 0.25) is 0 Å². The molecule has 2 aromatic rings. The Morgan fingerprint density at radius 2 is 1.66 bits per heavy atom. The Labute approximate surface area is 171 Å². The quantitative estimate of drug-likeness (QED) is 0.521. The molecule has 0 radical (unpaired) electrons. The number of hydrogen-bond acceptors (Lipinski definition) is 1. The highest BCUT2D eigenvalue weighted by atomic mass is 19.1. The molecule has 0 bridgehead atoms. The van der Waals surface area contributed by atoms with Crippen molar-refractivity contribution in [3.63, 3.8) is 0 Å². The third kappa shape index (κ3) is 3.39. The number of fused-ring (bicyclic) bond motifs is 3. The Morgan fingerprint density at radius 1 is 0.897 bits per heavy atom. The lowest BCUT2D eigenvalue weighted by Gasteiger charge is -2.26. The van der Waals surface area contributed by atoms with Crippen LogP contribution >= 0.6 is 0 Å². The van der Waals surface area contributed by atoms with E-state index in [-0.39, 0.29) is 24.0 Å². The summed E-state index contributed by atoms with van der Waals surface area (Å²) in [6.45, 7) is 1.82. The predicted octanol–water partition coefficient (Wildman–Crippen LogP) is 7.60. The fourth-order valence-corrected chi connectivity index (χ4v) is 5.50. The molecule has 2 aromatic carbocycles. The first-order valence-electron chi connectivity index (χ1n) is 11.0. The van der Waals surface area contributed by atoms with Gasteiger partial charge in [-0.3, -0.25) is 0 Å². The largest absolute Gasteiger partial charge is 0.485 e. The van der Waals surface area contributed by atoms with Gasteiger partial charge < -0.3 is 4.74 Å². The van der Waals surface area contributed by atoms with E-state index in [1.807, 2.05) is 18.2 Å².